The molecule has 2 bridgehead atoms. The second-order valence-corrected chi connectivity index (χ2v) is 5.87. The van der Waals surface area contributed by atoms with Crippen LogP contribution in [0.4, 0.5) is 0 Å². The molecule has 0 amide bonds. The van der Waals surface area contributed by atoms with Crippen LogP contribution in [-0.4, -0.2) is 30.9 Å². The highest BCUT2D eigenvalue weighted by Crippen LogP contribution is 2.48. The van der Waals surface area contributed by atoms with E-state index in [1.54, 1.807) is 13.8 Å². The third-order valence-corrected chi connectivity index (χ3v) is 4.43. The molecular weight excluding hydrogens is 272 g/mol. The molecule has 0 heterocycles. The van der Waals surface area contributed by atoms with E-state index in [9.17, 15) is 14.4 Å². The maximum Gasteiger partial charge on any atom is 0.310 e. The van der Waals surface area contributed by atoms with Crippen LogP contribution in [0.1, 0.15) is 33.6 Å². The average Bonchev–Trinajstić information content (AvgIpc) is 2.41. The van der Waals surface area contributed by atoms with Gasteiger partial charge >= 0.3 is 11.9 Å². The van der Waals surface area contributed by atoms with Gasteiger partial charge in [-0.15, -0.1) is 0 Å². The van der Waals surface area contributed by atoms with Crippen molar-refractivity contribution in [2.45, 2.75) is 33.6 Å². The zero-order chi connectivity index (χ0) is 15.6. The van der Waals surface area contributed by atoms with Gasteiger partial charge < -0.3 is 9.47 Å². The SMILES string of the molecule is CCOC(=O)[C@@H]1[C@@H](C(=O)OCC)C[C@@]2(C)C=CC[C@@H]1C2=O. The van der Waals surface area contributed by atoms with Crippen molar-refractivity contribution >= 4 is 17.7 Å². The molecule has 0 unspecified atom stereocenters. The zero-order valence-electron chi connectivity index (χ0n) is 12.8. The van der Waals surface area contributed by atoms with Crippen LogP contribution in [0.25, 0.3) is 0 Å². The summed E-state index contributed by atoms with van der Waals surface area (Å²) in [4.78, 5) is 37.1. The Hall–Kier alpha value is -1.65. The van der Waals surface area contributed by atoms with Gasteiger partial charge in [-0.05, 0) is 33.6 Å². The lowest BCUT2D eigenvalue weighted by atomic mass is 9.57. The fraction of sp³-hybridized carbons (Fsp3) is 0.688. The molecule has 21 heavy (non-hydrogen) atoms. The highest BCUT2D eigenvalue weighted by Gasteiger charge is 2.55. The minimum Gasteiger partial charge on any atom is -0.466 e. The highest BCUT2D eigenvalue weighted by molar-refractivity contribution is 5.97. The number of allylic oxidation sites excluding steroid dienone is 2. The van der Waals surface area contributed by atoms with E-state index in [1.165, 1.54) is 0 Å². The van der Waals surface area contributed by atoms with E-state index in [1.807, 2.05) is 19.1 Å². The molecule has 0 aromatic carbocycles. The van der Waals surface area contributed by atoms with Gasteiger partial charge in [0.25, 0.3) is 0 Å². The molecule has 5 heteroatoms. The van der Waals surface area contributed by atoms with Gasteiger partial charge in [0.2, 0.25) is 0 Å². The van der Waals surface area contributed by atoms with Crippen molar-refractivity contribution in [2.75, 3.05) is 13.2 Å². The fourth-order valence-corrected chi connectivity index (χ4v) is 3.48. The van der Waals surface area contributed by atoms with Gasteiger partial charge in [-0.3, -0.25) is 14.4 Å². The largest absolute Gasteiger partial charge is 0.466 e. The summed E-state index contributed by atoms with van der Waals surface area (Å²) in [6.45, 7) is 5.76. The van der Waals surface area contributed by atoms with Crippen LogP contribution in [0.15, 0.2) is 12.2 Å². The summed E-state index contributed by atoms with van der Waals surface area (Å²) in [6.07, 6.45) is 4.58. The molecule has 0 N–H and O–H groups in total. The number of fused-ring (bicyclic) bond motifs is 2. The van der Waals surface area contributed by atoms with Crippen molar-refractivity contribution in [3.05, 3.63) is 12.2 Å². The molecular formula is C16H22O5. The number of ketones is 1. The van der Waals surface area contributed by atoms with Crippen LogP contribution in [-0.2, 0) is 23.9 Å². The van der Waals surface area contributed by atoms with Gasteiger partial charge in [-0.25, -0.2) is 0 Å². The predicted octanol–water partition coefficient (Wildman–Crippen LogP) is 1.90. The van der Waals surface area contributed by atoms with Crippen molar-refractivity contribution in [2.24, 2.45) is 23.2 Å². The van der Waals surface area contributed by atoms with Crippen molar-refractivity contribution in [3.8, 4) is 0 Å². The lowest BCUT2D eigenvalue weighted by molar-refractivity contribution is -0.171. The Balaban J connectivity index is 2.36. The number of hydrogen-bond acceptors (Lipinski definition) is 5. The first-order valence-electron chi connectivity index (χ1n) is 7.50. The molecule has 0 spiro atoms. The molecule has 2 aliphatic rings. The molecule has 5 nitrogen and oxygen atoms in total. The molecule has 2 rings (SSSR count). The summed E-state index contributed by atoms with van der Waals surface area (Å²) in [5, 5.41) is 0. The predicted molar refractivity (Wildman–Crippen MR) is 75.2 cm³/mol. The van der Waals surface area contributed by atoms with Gasteiger partial charge in [0, 0.05) is 11.3 Å². The highest BCUT2D eigenvalue weighted by atomic mass is 16.5. The van der Waals surface area contributed by atoms with E-state index >= 15 is 0 Å². The Kier molecular flexibility index (Phi) is 4.49. The smallest absolute Gasteiger partial charge is 0.310 e. The third kappa shape index (κ3) is 2.74. The summed E-state index contributed by atoms with van der Waals surface area (Å²) in [7, 11) is 0. The normalized spacial score (nSPS) is 34.4. The number of esters is 2. The molecule has 116 valence electrons. The summed E-state index contributed by atoms with van der Waals surface area (Å²) in [5.41, 5.74) is -0.677. The van der Waals surface area contributed by atoms with Crippen LogP contribution in [0.5, 0.6) is 0 Å². The second-order valence-electron chi connectivity index (χ2n) is 5.87. The van der Waals surface area contributed by atoms with E-state index in [4.69, 9.17) is 9.47 Å². The molecule has 1 fully saturated rings. The minimum atomic E-state index is -0.727. The number of carbonyl (C=O) groups is 3. The Bertz CT molecular complexity index is 481. The number of ether oxygens (including phenoxy) is 2. The fourth-order valence-electron chi connectivity index (χ4n) is 3.48. The molecule has 4 atom stereocenters. The number of Topliss-reactive ketones (excluding diaryl/α,β-unsaturated/α-hetero) is 1. The van der Waals surface area contributed by atoms with E-state index < -0.39 is 35.1 Å². The monoisotopic (exact) mass is 294 g/mol. The average molecular weight is 294 g/mol. The number of hydrogen-bond donors (Lipinski definition) is 0. The van der Waals surface area contributed by atoms with Crippen LogP contribution >= 0.6 is 0 Å². The topological polar surface area (TPSA) is 69.7 Å². The van der Waals surface area contributed by atoms with Gasteiger partial charge in [-0.1, -0.05) is 12.2 Å². The van der Waals surface area contributed by atoms with Gasteiger partial charge in [-0.2, -0.15) is 0 Å². The summed E-state index contributed by atoms with van der Waals surface area (Å²) < 4.78 is 10.2. The molecule has 1 saturated carbocycles. The standard InChI is InChI=1S/C16H22O5/c1-4-20-14(18)11-9-16(3)8-6-7-10(13(16)17)12(11)15(19)21-5-2/h6,8,10-12H,4-5,7,9H2,1-3H3/t10-,11-,12-,16+/m0/s1. The van der Waals surface area contributed by atoms with Crippen LogP contribution in [0.3, 0.4) is 0 Å². The molecule has 2 aliphatic carbocycles. The molecule has 0 aromatic heterocycles. The van der Waals surface area contributed by atoms with Crippen molar-refractivity contribution in [1.82, 2.24) is 0 Å². The summed E-state index contributed by atoms with van der Waals surface area (Å²) in [5.74, 6) is -2.66. The zero-order valence-corrected chi connectivity index (χ0v) is 12.8. The Morgan fingerprint density at radius 3 is 2.48 bits per heavy atom. The lowest BCUT2D eigenvalue weighted by Gasteiger charge is -2.44. The van der Waals surface area contributed by atoms with E-state index in [-0.39, 0.29) is 19.0 Å². The van der Waals surface area contributed by atoms with E-state index in [0.717, 1.165) is 0 Å². The van der Waals surface area contributed by atoms with Crippen LogP contribution in [0, 0.1) is 23.2 Å². The molecule has 0 aromatic rings. The van der Waals surface area contributed by atoms with Gasteiger partial charge in [0.1, 0.15) is 5.78 Å². The van der Waals surface area contributed by atoms with Crippen molar-refractivity contribution < 1.29 is 23.9 Å². The van der Waals surface area contributed by atoms with E-state index in [2.05, 4.69) is 0 Å². The Labute approximate surface area is 124 Å². The van der Waals surface area contributed by atoms with Crippen LogP contribution in [0.2, 0.25) is 0 Å². The first-order valence-corrected chi connectivity index (χ1v) is 7.50. The minimum absolute atomic E-state index is 0.0311. The molecule has 0 aliphatic heterocycles. The first kappa shape index (κ1) is 15.7. The number of carbonyl (C=O) groups excluding carboxylic acids is 3. The molecule has 0 saturated heterocycles. The van der Waals surface area contributed by atoms with Crippen molar-refractivity contribution in [3.63, 3.8) is 0 Å². The Morgan fingerprint density at radius 2 is 1.86 bits per heavy atom. The van der Waals surface area contributed by atoms with Gasteiger partial charge in [0.05, 0.1) is 25.0 Å². The lowest BCUT2D eigenvalue weighted by Crippen LogP contribution is -2.52. The maximum atomic E-state index is 12.6. The van der Waals surface area contributed by atoms with Gasteiger partial charge in [0.15, 0.2) is 0 Å². The van der Waals surface area contributed by atoms with Crippen LogP contribution < -0.4 is 0 Å². The number of rotatable bonds is 4. The third-order valence-electron chi connectivity index (χ3n) is 4.43. The summed E-state index contributed by atoms with van der Waals surface area (Å²) >= 11 is 0. The molecule has 0 radical (unpaired) electrons. The maximum absolute atomic E-state index is 12.6. The second kappa shape index (κ2) is 6.00. The summed E-state index contributed by atoms with van der Waals surface area (Å²) in [6, 6.07) is 0. The van der Waals surface area contributed by atoms with E-state index in [0.29, 0.717) is 12.8 Å². The quantitative estimate of drug-likeness (QED) is 0.585. The Morgan fingerprint density at radius 1 is 1.24 bits per heavy atom. The first-order chi connectivity index (χ1) is 9.94. The van der Waals surface area contributed by atoms with Crippen molar-refractivity contribution in [1.29, 1.82) is 0 Å².